The summed E-state index contributed by atoms with van der Waals surface area (Å²) in [7, 11) is 0. The van der Waals surface area contributed by atoms with E-state index in [0.717, 1.165) is 23.3 Å². The number of nitrogens with two attached hydrogens (primary N) is 1. The third-order valence-corrected chi connectivity index (χ3v) is 2.38. The number of hydrogen-bond acceptors (Lipinski definition) is 3. The second kappa shape index (κ2) is 5.07. The van der Waals surface area contributed by atoms with E-state index in [-0.39, 0.29) is 0 Å². The Bertz CT molecular complexity index is 463. The molecule has 3 heteroatoms. The zero-order valence-corrected chi connectivity index (χ0v) is 8.88. The van der Waals surface area contributed by atoms with Crippen LogP contribution in [0.5, 0.6) is 0 Å². The second-order valence-electron chi connectivity index (χ2n) is 3.47. The van der Waals surface area contributed by atoms with Gasteiger partial charge in [0.1, 0.15) is 0 Å². The molecule has 0 aliphatic heterocycles. The van der Waals surface area contributed by atoms with Gasteiger partial charge in [0.2, 0.25) is 0 Å². The van der Waals surface area contributed by atoms with Crippen molar-refractivity contribution in [3.05, 3.63) is 66.0 Å². The summed E-state index contributed by atoms with van der Waals surface area (Å²) in [6.07, 6.45) is 4.27. The maximum atomic E-state index is 5.42. The van der Waals surface area contributed by atoms with Crippen LogP contribution in [0.25, 0.3) is 0 Å². The zero-order valence-electron chi connectivity index (χ0n) is 8.88. The van der Waals surface area contributed by atoms with E-state index in [1.54, 1.807) is 12.4 Å². The van der Waals surface area contributed by atoms with Gasteiger partial charge in [0, 0.05) is 18.8 Å². The molecule has 0 bridgehead atoms. The first-order valence-electron chi connectivity index (χ1n) is 5.11. The molecule has 0 saturated carbocycles. The molecule has 0 spiro atoms. The van der Waals surface area contributed by atoms with Gasteiger partial charge in [-0.1, -0.05) is 30.3 Å². The summed E-state index contributed by atoms with van der Waals surface area (Å²) in [6.45, 7) is 0. The summed E-state index contributed by atoms with van der Waals surface area (Å²) >= 11 is 0. The fourth-order valence-electron chi connectivity index (χ4n) is 1.55. The number of hydrogen-bond donors (Lipinski definition) is 1. The molecule has 0 unspecified atom stereocenters. The van der Waals surface area contributed by atoms with Gasteiger partial charge in [0.15, 0.2) is 0 Å². The van der Waals surface area contributed by atoms with E-state index in [9.17, 15) is 0 Å². The SMILES string of the molecule is N/N=C(\Cc1ccncc1)c1ccccc1. The molecule has 0 fully saturated rings. The molecule has 0 amide bonds. The maximum Gasteiger partial charge on any atom is 0.0716 e. The lowest BCUT2D eigenvalue weighted by Crippen LogP contribution is -2.08. The van der Waals surface area contributed by atoms with E-state index in [0.29, 0.717) is 0 Å². The molecular weight excluding hydrogens is 198 g/mol. The fourth-order valence-corrected chi connectivity index (χ4v) is 1.55. The van der Waals surface area contributed by atoms with Gasteiger partial charge in [-0.25, -0.2) is 0 Å². The lowest BCUT2D eigenvalue weighted by atomic mass is 10.0. The van der Waals surface area contributed by atoms with Crippen molar-refractivity contribution in [3.63, 3.8) is 0 Å². The van der Waals surface area contributed by atoms with E-state index in [1.807, 2.05) is 42.5 Å². The number of pyridine rings is 1. The molecule has 1 aromatic heterocycles. The van der Waals surface area contributed by atoms with Crippen molar-refractivity contribution in [2.24, 2.45) is 10.9 Å². The van der Waals surface area contributed by atoms with Crippen molar-refractivity contribution in [2.75, 3.05) is 0 Å². The monoisotopic (exact) mass is 211 g/mol. The average molecular weight is 211 g/mol. The Morgan fingerprint density at radius 3 is 2.38 bits per heavy atom. The van der Waals surface area contributed by atoms with Gasteiger partial charge in [0.05, 0.1) is 5.71 Å². The van der Waals surface area contributed by atoms with Gasteiger partial charge in [-0.05, 0) is 23.3 Å². The number of hydrazone groups is 1. The molecule has 0 atom stereocenters. The first kappa shape index (κ1) is 10.4. The van der Waals surface area contributed by atoms with Crippen LogP contribution in [0.4, 0.5) is 0 Å². The van der Waals surface area contributed by atoms with Gasteiger partial charge in [0.25, 0.3) is 0 Å². The van der Waals surface area contributed by atoms with E-state index in [2.05, 4.69) is 10.1 Å². The summed E-state index contributed by atoms with van der Waals surface area (Å²) in [5.74, 6) is 5.42. The Morgan fingerprint density at radius 2 is 1.75 bits per heavy atom. The summed E-state index contributed by atoms with van der Waals surface area (Å²) in [5, 5.41) is 3.85. The molecule has 1 aromatic carbocycles. The third-order valence-electron chi connectivity index (χ3n) is 2.38. The van der Waals surface area contributed by atoms with Gasteiger partial charge < -0.3 is 5.84 Å². The third kappa shape index (κ3) is 2.45. The molecule has 2 aromatic rings. The van der Waals surface area contributed by atoms with Crippen molar-refractivity contribution in [2.45, 2.75) is 6.42 Å². The highest BCUT2D eigenvalue weighted by Gasteiger charge is 2.03. The highest BCUT2D eigenvalue weighted by molar-refractivity contribution is 6.01. The number of rotatable bonds is 3. The van der Waals surface area contributed by atoms with Crippen LogP contribution < -0.4 is 5.84 Å². The fraction of sp³-hybridized carbons (Fsp3) is 0.0769. The van der Waals surface area contributed by atoms with Crippen molar-refractivity contribution >= 4 is 5.71 Å². The minimum atomic E-state index is 0.725. The molecule has 0 radical (unpaired) electrons. The van der Waals surface area contributed by atoms with Crippen LogP contribution in [-0.2, 0) is 6.42 Å². The standard InChI is InChI=1S/C13H13N3/c14-16-13(12-4-2-1-3-5-12)10-11-6-8-15-9-7-11/h1-9H,10,14H2/b16-13+. The molecule has 0 aliphatic carbocycles. The summed E-state index contributed by atoms with van der Waals surface area (Å²) in [5.41, 5.74) is 3.09. The number of nitrogens with zero attached hydrogens (tertiary/aromatic N) is 2. The highest BCUT2D eigenvalue weighted by atomic mass is 15.1. The Balaban J connectivity index is 2.20. The van der Waals surface area contributed by atoms with Crippen LogP contribution in [0.3, 0.4) is 0 Å². The maximum absolute atomic E-state index is 5.42. The van der Waals surface area contributed by atoms with E-state index in [1.165, 1.54) is 0 Å². The van der Waals surface area contributed by atoms with Crippen LogP contribution in [0.15, 0.2) is 60.0 Å². The minimum Gasteiger partial charge on any atom is -0.323 e. The molecule has 80 valence electrons. The van der Waals surface area contributed by atoms with E-state index in [4.69, 9.17) is 5.84 Å². The molecular formula is C13H13N3. The first-order chi connectivity index (χ1) is 7.90. The zero-order chi connectivity index (χ0) is 11.2. The van der Waals surface area contributed by atoms with Gasteiger partial charge in [-0.2, -0.15) is 5.10 Å². The van der Waals surface area contributed by atoms with Crippen LogP contribution in [0, 0.1) is 0 Å². The molecule has 3 nitrogen and oxygen atoms in total. The average Bonchev–Trinajstić information content (AvgIpc) is 2.38. The number of benzene rings is 1. The van der Waals surface area contributed by atoms with Gasteiger partial charge in [-0.15, -0.1) is 0 Å². The summed E-state index contributed by atoms with van der Waals surface area (Å²) in [4.78, 5) is 3.98. The smallest absolute Gasteiger partial charge is 0.0716 e. The molecule has 0 saturated heterocycles. The summed E-state index contributed by atoms with van der Waals surface area (Å²) < 4.78 is 0. The minimum absolute atomic E-state index is 0.725. The quantitative estimate of drug-likeness (QED) is 0.479. The lowest BCUT2D eigenvalue weighted by Gasteiger charge is -2.04. The van der Waals surface area contributed by atoms with Gasteiger partial charge in [-0.3, -0.25) is 4.98 Å². The normalized spacial score (nSPS) is 11.4. The Kier molecular flexibility index (Phi) is 3.28. The lowest BCUT2D eigenvalue weighted by molar-refractivity contribution is 1.18. The topological polar surface area (TPSA) is 51.3 Å². The van der Waals surface area contributed by atoms with E-state index < -0.39 is 0 Å². The first-order valence-corrected chi connectivity index (χ1v) is 5.11. The van der Waals surface area contributed by atoms with E-state index >= 15 is 0 Å². The molecule has 2 rings (SSSR count). The Morgan fingerprint density at radius 1 is 1.06 bits per heavy atom. The van der Waals surface area contributed by atoms with Gasteiger partial charge >= 0.3 is 0 Å². The van der Waals surface area contributed by atoms with Crippen molar-refractivity contribution in [1.29, 1.82) is 0 Å². The van der Waals surface area contributed by atoms with Crippen LogP contribution in [0.1, 0.15) is 11.1 Å². The van der Waals surface area contributed by atoms with Crippen LogP contribution >= 0.6 is 0 Å². The molecule has 1 heterocycles. The molecule has 0 aliphatic rings. The Hall–Kier alpha value is -2.16. The predicted octanol–water partition coefficient (Wildman–Crippen LogP) is 1.99. The predicted molar refractivity (Wildman–Crippen MR) is 65.1 cm³/mol. The summed E-state index contributed by atoms with van der Waals surface area (Å²) in [6, 6.07) is 13.9. The highest BCUT2D eigenvalue weighted by Crippen LogP contribution is 2.07. The number of aromatic nitrogens is 1. The van der Waals surface area contributed by atoms with Crippen LogP contribution in [-0.4, -0.2) is 10.7 Å². The van der Waals surface area contributed by atoms with Crippen molar-refractivity contribution in [3.8, 4) is 0 Å². The largest absolute Gasteiger partial charge is 0.323 e. The second-order valence-corrected chi connectivity index (χ2v) is 3.47. The molecule has 16 heavy (non-hydrogen) atoms. The van der Waals surface area contributed by atoms with Crippen molar-refractivity contribution < 1.29 is 0 Å². The van der Waals surface area contributed by atoms with Crippen LogP contribution in [0.2, 0.25) is 0 Å². The molecule has 2 N–H and O–H groups in total. The Labute approximate surface area is 94.6 Å². The van der Waals surface area contributed by atoms with Crippen molar-refractivity contribution in [1.82, 2.24) is 4.98 Å².